The van der Waals surface area contributed by atoms with Gasteiger partial charge in [0.25, 0.3) is 5.91 Å². The lowest BCUT2D eigenvalue weighted by atomic mass is 10.1. The molecule has 1 aliphatic heterocycles. The van der Waals surface area contributed by atoms with Crippen molar-refractivity contribution in [3.63, 3.8) is 0 Å². The number of ether oxygens (including phenoxy) is 2. The summed E-state index contributed by atoms with van der Waals surface area (Å²) >= 11 is 0. The van der Waals surface area contributed by atoms with Crippen LogP contribution < -0.4 is 14.4 Å². The number of benzene rings is 2. The van der Waals surface area contributed by atoms with Gasteiger partial charge >= 0.3 is 0 Å². The highest BCUT2D eigenvalue weighted by atomic mass is 16.5. The van der Waals surface area contributed by atoms with Gasteiger partial charge in [0.05, 0.1) is 13.2 Å². The Morgan fingerprint density at radius 3 is 2.27 bits per heavy atom. The highest BCUT2D eigenvalue weighted by Crippen LogP contribution is 2.22. The fourth-order valence-electron chi connectivity index (χ4n) is 3.11. The van der Waals surface area contributed by atoms with Crippen LogP contribution in [0.2, 0.25) is 0 Å². The molecule has 1 saturated heterocycles. The Labute approximate surface area is 155 Å². The molecule has 0 N–H and O–H groups in total. The Hall–Kier alpha value is -2.69. The molecule has 0 spiro atoms. The minimum absolute atomic E-state index is 0.0595. The van der Waals surface area contributed by atoms with Crippen LogP contribution in [-0.2, 0) is 0 Å². The topological polar surface area (TPSA) is 42.0 Å². The second-order valence-corrected chi connectivity index (χ2v) is 6.67. The largest absolute Gasteiger partial charge is 0.497 e. The van der Waals surface area contributed by atoms with Crippen LogP contribution in [0, 0.1) is 0 Å². The zero-order valence-corrected chi connectivity index (χ0v) is 15.6. The third-order valence-corrected chi connectivity index (χ3v) is 4.46. The summed E-state index contributed by atoms with van der Waals surface area (Å²) < 4.78 is 10.9. The number of carbonyl (C=O) groups is 1. The number of hydrogen-bond donors (Lipinski definition) is 0. The van der Waals surface area contributed by atoms with Gasteiger partial charge in [0, 0.05) is 37.4 Å². The first-order valence-corrected chi connectivity index (χ1v) is 9.02. The average Bonchev–Trinajstić information content (AvgIpc) is 2.68. The first kappa shape index (κ1) is 18.1. The van der Waals surface area contributed by atoms with E-state index in [1.165, 1.54) is 0 Å². The van der Waals surface area contributed by atoms with E-state index in [9.17, 15) is 4.79 Å². The molecule has 1 amide bonds. The molecule has 0 aromatic heterocycles. The van der Waals surface area contributed by atoms with Crippen molar-refractivity contribution in [2.75, 3.05) is 38.2 Å². The molecular formula is C21H26N2O3. The van der Waals surface area contributed by atoms with E-state index in [1.807, 2.05) is 49.1 Å². The van der Waals surface area contributed by atoms with E-state index in [0.717, 1.165) is 24.5 Å². The first-order valence-electron chi connectivity index (χ1n) is 9.02. The van der Waals surface area contributed by atoms with Gasteiger partial charge in [-0.3, -0.25) is 4.79 Å². The molecule has 0 aliphatic carbocycles. The van der Waals surface area contributed by atoms with Gasteiger partial charge in [-0.15, -0.1) is 0 Å². The minimum atomic E-state index is 0.0595. The van der Waals surface area contributed by atoms with Gasteiger partial charge in [-0.25, -0.2) is 0 Å². The van der Waals surface area contributed by atoms with E-state index in [4.69, 9.17) is 9.47 Å². The number of anilines is 1. The summed E-state index contributed by atoms with van der Waals surface area (Å²) in [5.74, 6) is 1.65. The normalized spacial score (nSPS) is 14.5. The molecule has 0 saturated carbocycles. The Kier molecular flexibility index (Phi) is 5.66. The van der Waals surface area contributed by atoms with Crippen molar-refractivity contribution in [2.24, 2.45) is 0 Å². The van der Waals surface area contributed by atoms with E-state index >= 15 is 0 Å². The quantitative estimate of drug-likeness (QED) is 0.825. The number of amides is 1. The van der Waals surface area contributed by atoms with Crippen molar-refractivity contribution in [2.45, 2.75) is 20.0 Å². The molecule has 1 heterocycles. The molecule has 3 rings (SSSR count). The maximum Gasteiger partial charge on any atom is 0.254 e. The zero-order chi connectivity index (χ0) is 18.5. The third kappa shape index (κ3) is 4.28. The molecule has 0 atom stereocenters. The van der Waals surface area contributed by atoms with E-state index in [0.29, 0.717) is 24.4 Å². The SMILES string of the molecule is COc1cccc(C(=O)N2CCN(c3ccc(OC(C)C)cc3)CC2)c1. The number of hydrogen-bond acceptors (Lipinski definition) is 4. The molecule has 2 aromatic carbocycles. The Morgan fingerprint density at radius 2 is 1.65 bits per heavy atom. The average molecular weight is 354 g/mol. The van der Waals surface area contributed by atoms with Crippen LogP contribution in [0.5, 0.6) is 11.5 Å². The third-order valence-electron chi connectivity index (χ3n) is 4.46. The highest BCUT2D eigenvalue weighted by molar-refractivity contribution is 5.94. The second-order valence-electron chi connectivity index (χ2n) is 6.67. The molecule has 26 heavy (non-hydrogen) atoms. The fourth-order valence-corrected chi connectivity index (χ4v) is 3.11. The van der Waals surface area contributed by atoms with Gasteiger partial charge < -0.3 is 19.3 Å². The van der Waals surface area contributed by atoms with Gasteiger partial charge in [0.1, 0.15) is 11.5 Å². The van der Waals surface area contributed by atoms with Crippen molar-refractivity contribution in [1.29, 1.82) is 0 Å². The Balaban J connectivity index is 1.59. The molecule has 5 heteroatoms. The lowest BCUT2D eigenvalue weighted by Gasteiger charge is -2.36. The Morgan fingerprint density at radius 1 is 0.962 bits per heavy atom. The van der Waals surface area contributed by atoms with Crippen LogP contribution in [0.25, 0.3) is 0 Å². The van der Waals surface area contributed by atoms with Crippen LogP contribution >= 0.6 is 0 Å². The van der Waals surface area contributed by atoms with E-state index < -0.39 is 0 Å². The van der Waals surface area contributed by atoms with Gasteiger partial charge in [-0.2, -0.15) is 0 Å². The summed E-state index contributed by atoms with van der Waals surface area (Å²) in [5.41, 5.74) is 1.84. The standard InChI is InChI=1S/C21H26N2O3/c1-16(2)26-19-9-7-18(8-10-19)22-11-13-23(14-12-22)21(24)17-5-4-6-20(15-17)25-3/h4-10,15-16H,11-14H2,1-3H3. The predicted octanol–water partition coefficient (Wildman–Crippen LogP) is 3.44. The molecule has 0 radical (unpaired) electrons. The smallest absolute Gasteiger partial charge is 0.254 e. The van der Waals surface area contributed by atoms with Crippen LogP contribution in [0.15, 0.2) is 48.5 Å². The summed E-state index contributed by atoms with van der Waals surface area (Å²) in [6.07, 6.45) is 0.173. The number of nitrogens with zero attached hydrogens (tertiary/aromatic N) is 2. The number of methoxy groups -OCH3 is 1. The maximum atomic E-state index is 12.7. The molecule has 1 fully saturated rings. The van der Waals surface area contributed by atoms with Gasteiger partial charge in [0.2, 0.25) is 0 Å². The highest BCUT2D eigenvalue weighted by Gasteiger charge is 2.22. The van der Waals surface area contributed by atoms with E-state index in [2.05, 4.69) is 17.0 Å². The number of carbonyl (C=O) groups excluding carboxylic acids is 1. The lowest BCUT2D eigenvalue weighted by Crippen LogP contribution is -2.48. The number of piperazine rings is 1. The summed E-state index contributed by atoms with van der Waals surface area (Å²) in [6, 6.07) is 15.5. The Bertz CT molecular complexity index is 735. The van der Waals surface area contributed by atoms with Gasteiger partial charge in [0.15, 0.2) is 0 Å². The molecule has 0 unspecified atom stereocenters. The molecular weight excluding hydrogens is 328 g/mol. The van der Waals surface area contributed by atoms with Crippen LogP contribution in [0.3, 0.4) is 0 Å². The van der Waals surface area contributed by atoms with Gasteiger partial charge in [-0.1, -0.05) is 6.07 Å². The fraction of sp³-hybridized carbons (Fsp3) is 0.381. The summed E-state index contributed by atoms with van der Waals surface area (Å²) in [5, 5.41) is 0. The summed E-state index contributed by atoms with van der Waals surface area (Å²) in [6.45, 7) is 7.10. The van der Waals surface area contributed by atoms with Crippen molar-refractivity contribution in [1.82, 2.24) is 4.90 Å². The molecule has 138 valence electrons. The van der Waals surface area contributed by atoms with E-state index in [-0.39, 0.29) is 12.0 Å². The molecule has 0 bridgehead atoms. The van der Waals surface area contributed by atoms with Crippen molar-refractivity contribution in [3.05, 3.63) is 54.1 Å². The minimum Gasteiger partial charge on any atom is -0.497 e. The monoisotopic (exact) mass is 354 g/mol. The van der Waals surface area contributed by atoms with Crippen molar-refractivity contribution in [3.8, 4) is 11.5 Å². The van der Waals surface area contributed by atoms with E-state index in [1.54, 1.807) is 13.2 Å². The molecule has 5 nitrogen and oxygen atoms in total. The van der Waals surface area contributed by atoms with Gasteiger partial charge in [-0.05, 0) is 56.3 Å². The summed E-state index contributed by atoms with van der Waals surface area (Å²) in [7, 11) is 1.61. The summed E-state index contributed by atoms with van der Waals surface area (Å²) in [4.78, 5) is 16.9. The predicted molar refractivity (Wildman–Crippen MR) is 103 cm³/mol. The van der Waals surface area contributed by atoms with Crippen LogP contribution in [0.4, 0.5) is 5.69 Å². The van der Waals surface area contributed by atoms with Crippen molar-refractivity contribution < 1.29 is 14.3 Å². The zero-order valence-electron chi connectivity index (χ0n) is 15.6. The number of rotatable bonds is 5. The lowest BCUT2D eigenvalue weighted by molar-refractivity contribution is 0.0746. The van der Waals surface area contributed by atoms with Crippen LogP contribution in [0.1, 0.15) is 24.2 Å². The molecule has 2 aromatic rings. The molecule has 1 aliphatic rings. The van der Waals surface area contributed by atoms with Crippen molar-refractivity contribution >= 4 is 11.6 Å². The first-order chi connectivity index (χ1) is 12.6. The second kappa shape index (κ2) is 8.13. The maximum absolute atomic E-state index is 12.7. The van der Waals surface area contributed by atoms with Crippen LogP contribution in [-0.4, -0.2) is 50.2 Å².